The maximum absolute atomic E-state index is 11.2. The first-order valence-electron chi connectivity index (χ1n) is 4.74. The van der Waals surface area contributed by atoms with Gasteiger partial charge >= 0.3 is 5.97 Å². The number of rotatable bonds is 3. The molecule has 82 valence electrons. The van der Waals surface area contributed by atoms with Crippen LogP contribution in [-0.2, 0) is 11.2 Å². The Bertz CT molecular complexity index is 364. The highest BCUT2D eigenvalue weighted by Gasteiger charge is 2.12. The zero-order valence-corrected chi connectivity index (χ0v) is 9.15. The van der Waals surface area contributed by atoms with Crippen molar-refractivity contribution in [1.82, 2.24) is 9.97 Å². The van der Waals surface area contributed by atoms with E-state index in [0.717, 1.165) is 6.42 Å². The van der Waals surface area contributed by atoms with Gasteiger partial charge in [0.25, 0.3) is 0 Å². The Labute approximate surface area is 88.7 Å². The maximum atomic E-state index is 11.2. The minimum atomic E-state index is -0.511. The number of anilines is 1. The lowest BCUT2D eigenvalue weighted by Crippen LogP contribution is -2.11. The first-order valence-corrected chi connectivity index (χ1v) is 4.74. The van der Waals surface area contributed by atoms with Gasteiger partial charge in [0.15, 0.2) is 0 Å². The average Bonchev–Trinajstić information content (AvgIpc) is 2.16. The molecule has 1 rings (SSSR count). The van der Waals surface area contributed by atoms with Crippen molar-refractivity contribution < 1.29 is 9.53 Å². The Morgan fingerprint density at radius 3 is 2.73 bits per heavy atom. The van der Waals surface area contributed by atoms with E-state index in [1.165, 1.54) is 13.3 Å². The molecule has 0 atom stereocenters. The number of carbonyl (C=O) groups is 1. The van der Waals surface area contributed by atoms with Gasteiger partial charge in [0, 0.05) is 12.6 Å². The van der Waals surface area contributed by atoms with Gasteiger partial charge in [-0.1, -0.05) is 13.8 Å². The first-order chi connectivity index (χ1) is 7.04. The lowest BCUT2D eigenvalue weighted by Gasteiger charge is -2.06. The molecule has 0 aliphatic carbocycles. The van der Waals surface area contributed by atoms with Crippen molar-refractivity contribution in [3.63, 3.8) is 0 Å². The highest BCUT2D eigenvalue weighted by molar-refractivity contribution is 5.93. The van der Waals surface area contributed by atoms with Crippen LogP contribution in [0.15, 0.2) is 6.20 Å². The minimum Gasteiger partial charge on any atom is -0.465 e. The fourth-order valence-electron chi connectivity index (χ4n) is 1.16. The Morgan fingerprint density at radius 2 is 2.27 bits per heavy atom. The van der Waals surface area contributed by atoms with Gasteiger partial charge in [-0.3, -0.25) is 0 Å². The molecule has 0 spiro atoms. The largest absolute Gasteiger partial charge is 0.465 e. The minimum absolute atomic E-state index is 0.174. The summed E-state index contributed by atoms with van der Waals surface area (Å²) in [4.78, 5) is 19.3. The molecule has 0 aromatic carbocycles. The molecule has 1 aromatic heterocycles. The maximum Gasteiger partial charge on any atom is 0.343 e. The number of hydrogen-bond donors (Lipinski definition) is 1. The monoisotopic (exact) mass is 209 g/mol. The smallest absolute Gasteiger partial charge is 0.343 e. The second-order valence-corrected chi connectivity index (χ2v) is 3.67. The summed E-state index contributed by atoms with van der Waals surface area (Å²) >= 11 is 0. The molecular formula is C10H15N3O2. The molecule has 0 saturated heterocycles. The van der Waals surface area contributed by atoms with E-state index in [0.29, 0.717) is 11.7 Å². The normalized spacial score (nSPS) is 10.4. The number of hydrogen-bond acceptors (Lipinski definition) is 5. The van der Waals surface area contributed by atoms with Crippen molar-refractivity contribution in [3.8, 4) is 0 Å². The molecule has 0 radical (unpaired) electrons. The predicted octanol–water partition coefficient (Wildman–Crippen LogP) is 1.04. The topological polar surface area (TPSA) is 78.1 Å². The molecule has 1 heterocycles. The Balaban J connectivity index is 2.93. The molecule has 0 aliphatic heterocycles. The summed E-state index contributed by atoms with van der Waals surface area (Å²) in [5.41, 5.74) is 5.83. The van der Waals surface area contributed by atoms with E-state index in [1.54, 1.807) is 0 Å². The summed E-state index contributed by atoms with van der Waals surface area (Å²) in [7, 11) is 1.30. The van der Waals surface area contributed by atoms with Crippen molar-refractivity contribution in [1.29, 1.82) is 0 Å². The lowest BCUT2D eigenvalue weighted by molar-refractivity contribution is 0.0601. The van der Waals surface area contributed by atoms with Crippen LogP contribution < -0.4 is 5.73 Å². The number of nitrogen functional groups attached to an aromatic ring is 1. The Morgan fingerprint density at radius 1 is 1.60 bits per heavy atom. The summed E-state index contributed by atoms with van der Waals surface area (Å²) < 4.78 is 4.54. The van der Waals surface area contributed by atoms with Crippen LogP contribution in [0.2, 0.25) is 0 Å². The molecule has 5 nitrogen and oxygen atoms in total. The van der Waals surface area contributed by atoms with Crippen LogP contribution in [0.5, 0.6) is 0 Å². The summed E-state index contributed by atoms with van der Waals surface area (Å²) in [6, 6.07) is 0. The predicted molar refractivity (Wildman–Crippen MR) is 56.3 cm³/mol. The number of ether oxygens (including phenoxy) is 1. The van der Waals surface area contributed by atoms with Crippen LogP contribution in [0.3, 0.4) is 0 Å². The highest BCUT2D eigenvalue weighted by Crippen LogP contribution is 2.10. The third-order valence-corrected chi connectivity index (χ3v) is 1.86. The number of carbonyl (C=O) groups excluding carboxylic acids is 1. The molecule has 0 bridgehead atoms. The highest BCUT2D eigenvalue weighted by atomic mass is 16.5. The van der Waals surface area contributed by atoms with E-state index in [-0.39, 0.29) is 11.4 Å². The van der Waals surface area contributed by atoms with Crippen LogP contribution in [-0.4, -0.2) is 23.0 Å². The van der Waals surface area contributed by atoms with Crippen molar-refractivity contribution in [2.45, 2.75) is 20.3 Å². The van der Waals surface area contributed by atoms with E-state index in [9.17, 15) is 4.79 Å². The van der Waals surface area contributed by atoms with Gasteiger partial charge in [0.05, 0.1) is 7.11 Å². The van der Waals surface area contributed by atoms with Crippen molar-refractivity contribution in [3.05, 3.63) is 17.6 Å². The molecule has 0 aliphatic rings. The van der Waals surface area contributed by atoms with Crippen LogP contribution in [0.1, 0.15) is 30.0 Å². The van der Waals surface area contributed by atoms with Crippen LogP contribution >= 0.6 is 0 Å². The van der Waals surface area contributed by atoms with E-state index in [4.69, 9.17) is 5.73 Å². The molecule has 2 N–H and O–H groups in total. The zero-order valence-electron chi connectivity index (χ0n) is 9.15. The molecular weight excluding hydrogens is 194 g/mol. The number of nitrogens with zero attached hydrogens (tertiary/aromatic N) is 2. The Hall–Kier alpha value is -1.65. The van der Waals surface area contributed by atoms with Gasteiger partial charge < -0.3 is 10.5 Å². The van der Waals surface area contributed by atoms with Gasteiger partial charge in [0.1, 0.15) is 17.2 Å². The van der Waals surface area contributed by atoms with Crippen LogP contribution in [0.25, 0.3) is 0 Å². The summed E-state index contributed by atoms with van der Waals surface area (Å²) in [6.45, 7) is 4.13. The van der Waals surface area contributed by atoms with E-state index >= 15 is 0 Å². The van der Waals surface area contributed by atoms with Gasteiger partial charge in [-0.25, -0.2) is 14.8 Å². The van der Waals surface area contributed by atoms with Gasteiger partial charge in [-0.05, 0) is 5.92 Å². The molecule has 0 fully saturated rings. The number of methoxy groups -OCH3 is 1. The Kier molecular flexibility index (Phi) is 3.60. The standard InChI is InChI=1S/C10H15N3O2/c1-6(2)4-8-12-5-7(9(11)13-8)10(14)15-3/h5-6H,4H2,1-3H3,(H2,11,12,13). The number of aromatic nitrogens is 2. The summed E-state index contributed by atoms with van der Waals surface area (Å²) in [6.07, 6.45) is 2.15. The quantitative estimate of drug-likeness (QED) is 0.752. The van der Waals surface area contributed by atoms with Gasteiger partial charge in [0.2, 0.25) is 0 Å². The average molecular weight is 209 g/mol. The van der Waals surface area contributed by atoms with Crippen molar-refractivity contribution >= 4 is 11.8 Å². The third-order valence-electron chi connectivity index (χ3n) is 1.86. The first kappa shape index (κ1) is 11.4. The fourth-order valence-corrected chi connectivity index (χ4v) is 1.16. The third kappa shape index (κ3) is 2.90. The molecule has 5 heteroatoms. The zero-order chi connectivity index (χ0) is 11.4. The van der Waals surface area contributed by atoms with Crippen LogP contribution in [0.4, 0.5) is 5.82 Å². The van der Waals surface area contributed by atoms with E-state index in [2.05, 4.69) is 28.6 Å². The number of nitrogens with two attached hydrogens (primary N) is 1. The lowest BCUT2D eigenvalue weighted by atomic mass is 10.1. The van der Waals surface area contributed by atoms with Crippen molar-refractivity contribution in [2.24, 2.45) is 5.92 Å². The number of esters is 1. The molecule has 1 aromatic rings. The molecule has 0 amide bonds. The van der Waals surface area contributed by atoms with Gasteiger partial charge in [-0.15, -0.1) is 0 Å². The van der Waals surface area contributed by atoms with Gasteiger partial charge in [-0.2, -0.15) is 0 Å². The molecule has 15 heavy (non-hydrogen) atoms. The SMILES string of the molecule is COC(=O)c1cnc(CC(C)C)nc1N. The molecule has 0 unspecified atom stereocenters. The van der Waals surface area contributed by atoms with Crippen molar-refractivity contribution in [2.75, 3.05) is 12.8 Å². The fraction of sp³-hybridized carbons (Fsp3) is 0.500. The van der Waals surface area contributed by atoms with E-state index in [1.807, 2.05) is 0 Å². The second-order valence-electron chi connectivity index (χ2n) is 3.67. The summed E-state index contributed by atoms with van der Waals surface area (Å²) in [5.74, 6) is 0.764. The molecule has 0 saturated carbocycles. The second kappa shape index (κ2) is 4.72. The van der Waals surface area contributed by atoms with E-state index < -0.39 is 5.97 Å². The summed E-state index contributed by atoms with van der Waals surface area (Å²) in [5, 5.41) is 0. The van der Waals surface area contributed by atoms with Crippen LogP contribution in [0, 0.1) is 5.92 Å².